The van der Waals surface area contributed by atoms with E-state index in [1.54, 1.807) is 35.6 Å². The van der Waals surface area contributed by atoms with Crippen molar-refractivity contribution >= 4 is 58.8 Å². The molecule has 5 nitrogen and oxygen atoms in total. The summed E-state index contributed by atoms with van der Waals surface area (Å²) in [6.45, 7) is 6.74. The van der Waals surface area contributed by atoms with Crippen molar-refractivity contribution in [3.8, 4) is 0 Å². The number of guanidine groups is 1. The van der Waals surface area contributed by atoms with Gasteiger partial charge in [0, 0.05) is 32.1 Å². The summed E-state index contributed by atoms with van der Waals surface area (Å²) in [7, 11) is 0. The van der Waals surface area contributed by atoms with Crippen LogP contribution in [0.1, 0.15) is 35.7 Å². The average molecular weight is 521 g/mol. The summed E-state index contributed by atoms with van der Waals surface area (Å²) in [5.41, 5.74) is 1.79. The van der Waals surface area contributed by atoms with Crippen LogP contribution in [0.3, 0.4) is 0 Å². The lowest BCUT2D eigenvalue weighted by Crippen LogP contribution is -2.41. The number of amides is 1. The first kappa shape index (κ1) is 23.7. The van der Waals surface area contributed by atoms with Crippen molar-refractivity contribution < 1.29 is 4.79 Å². The van der Waals surface area contributed by atoms with Crippen molar-refractivity contribution in [3.05, 3.63) is 57.2 Å². The third kappa shape index (κ3) is 8.06. The van der Waals surface area contributed by atoms with Crippen LogP contribution in [0, 0.1) is 0 Å². The summed E-state index contributed by atoms with van der Waals surface area (Å²) < 4.78 is 0. The highest BCUT2D eigenvalue weighted by atomic mass is 127. The highest BCUT2D eigenvalue weighted by molar-refractivity contribution is 14.0. The van der Waals surface area contributed by atoms with Crippen LogP contribution in [0.4, 0.5) is 0 Å². The minimum Gasteiger partial charge on any atom is -0.357 e. The van der Waals surface area contributed by atoms with E-state index in [9.17, 15) is 4.79 Å². The van der Waals surface area contributed by atoms with Crippen molar-refractivity contribution in [2.75, 3.05) is 26.2 Å². The van der Waals surface area contributed by atoms with E-state index in [1.165, 1.54) is 5.56 Å². The highest BCUT2D eigenvalue weighted by Crippen LogP contribution is 2.18. The van der Waals surface area contributed by atoms with Crippen LogP contribution in [-0.4, -0.2) is 38.0 Å². The Balaban J connectivity index is 0.00000364. The summed E-state index contributed by atoms with van der Waals surface area (Å²) in [5.74, 6) is 0.948. The number of rotatable bonds is 8. The van der Waals surface area contributed by atoms with E-state index in [0.29, 0.717) is 36.1 Å². The molecule has 0 aliphatic rings. The topological polar surface area (TPSA) is 65.5 Å². The Morgan fingerprint density at radius 2 is 1.93 bits per heavy atom. The number of thiophene rings is 1. The molecule has 0 saturated carbocycles. The fourth-order valence-electron chi connectivity index (χ4n) is 2.33. The molecular formula is C19H26ClIN4OS. The smallest absolute Gasteiger partial charge is 0.252 e. The number of halogens is 2. The third-order valence-electron chi connectivity index (χ3n) is 3.80. The largest absolute Gasteiger partial charge is 0.357 e. The number of carbonyl (C=O) groups is 1. The van der Waals surface area contributed by atoms with E-state index in [0.717, 1.165) is 12.5 Å². The number of carbonyl (C=O) groups excluding carboxylic acids is 1. The molecule has 1 amide bonds. The predicted molar refractivity (Wildman–Crippen MR) is 126 cm³/mol. The van der Waals surface area contributed by atoms with E-state index in [2.05, 4.69) is 44.7 Å². The zero-order chi connectivity index (χ0) is 18.8. The van der Waals surface area contributed by atoms with E-state index in [-0.39, 0.29) is 29.9 Å². The lowest BCUT2D eigenvalue weighted by atomic mass is 10.1. The van der Waals surface area contributed by atoms with Crippen LogP contribution in [0.2, 0.25) is 5.02 Å². The number of nitrogens with one attached hydrogen (secondary N) is 3. The van der Waals surface area contributed by atoms with Gasteiger partial charge in [-0.25, -0.2) is 0 Å². The Bertz CT molecular complexity index is 724. The number of nitrogens with zero attached hydrogens (tertiary/aromatic N) is 1. The maximum Gasteiger partial charge on any atom is 0.252 e. The molecule has 0 saturated heterocycles. The molecule has 0 radical (unpaired) electrons. The molecule has 2 aromatic rings. The summed E-state index contributed by atoms with van der Waals surface area (Å²) in [5, 5.41) is 14.0. The zero-order valence-corrected chi connectivity index (χ0v) is 19.4. The number of aliphatic imine (C=N–C) groups is 1. The van der Waals surface area contributed by atoms with Crippen LogP contribution in [0.5, 0.6) is 0 Å². The molecule has 1 aromatic heterocycles. The lowest BCUT2D eigenvalue weighted by molar-refractivity contribution is 0.0954. The minimum absolute atomic E-state index is 0. The number of benzene rings is 1. The molecule has 0 fully saturated rings. The minimum atomic E-state index is -0.176. The molecule has 0 bridgehead atoms. The van der Waals surface area contributed by atoms with Gasteiger partial charge in [-0.3, -0.25) is 9.79 Å². The Morgan fingerprint density at radius 3 is 2.59 bits per heavy atom. The van der Waals surface area contributed by atoms with Gasteiger partial charge in [0.1, 0.15) is 0 Å². The maximum absolute atomic E-state index is 12.1. The molecule has 0 aliphatic heterocycles. The molecule has 0 aliphatic carbocycles. The molecule has 0 spiro atoms. The van der Waals surface area contributed by atoms with Gasteiger partial charge in [0.05, 0.1) is 10.6 Å². The van der Waals surface area contributed by atoms with Gasteiger partial charge >= 0.3 is 0 Å². The Morgan fingerprint density at radius 1 is 1.19 bits per heavy atom. The van der Waals surface area contributed by atoms with Gasteiger partial charge in [0.15, 0.2) is 5.96 Å². The second-order valence-corrected chi connectivity index (χ2v) is 7.03. The van der Waals surface area contributed by atoms with Crippen LogP contribution in [-0.2, 0) is 0 Å². The standard InChI is InChI=1S/C19H25ClN4OS.HI/c1-3-21-19(24-12-14(2)15-8-11-26-13-15)23-10-9-22-18(25)16-6-4-5-7-17(16)20;/h4-8,11,13-14H,3,9-10,12H2,1-2H3,(H,22,25)(H2,21,23,24);1H. The quantitative estimate of drug-likeness (QED) is 0.212. The van der Waals surface area contributed by atoms with Gasteiger partial charge < -0.3 is 16.0 Å². The average Bonchev–Trinajstić information content (AvgIpc) is 3.18. The SMILES string of the molecule is CCNC(=NCC(C)c1ccsc1)NCCNC(=O)c1ccccc1Cl.I. The van der Waals surface area contributed by atoms with Gasteiger partial charge in [-0.05, 0) is 41.4 Å². The predicted octanol–water partition coefficient (Wildman–Crippen LogP) is 4.11. The first-order chi connectivity index (χ1) is 12.6. The van der Waals surface area contributed by atoms with Crippen molar-refractivity contribution in [2.24, 2.45) is 4.99 Å². The van der Waals surface area contributed by atoms with Crippen molar-refractivity contribution in [2.45, 2.75) is 19.8 Å². The number of hydrogen-bond acceptors (Lipinski definition) is 3. The lowest BCUT2D eigenvalue weighted by Gasteiger charge is -2.13. The molecule has 8 heteroatoms. The Kier molecular flexibility index (Phi) is 11.4. The summed E-state index contributed by atoms with van der Waals surface area (Å²) in [6.07, 6.45) is 0. The highest BCUT2D eigenvalue weighted by Gasteiger charge is 2.09. The Labute approximate surface area is 187 Å². The van der Waals surface area contributed by atoms with E-state index >= 15 is 0 Å². The fraction of sp³-hybridized carbons (Fsp3) is 0.368. The molecule has 3 N–H and O–H groups in total. The van der Waals surface area contributed by atoms with Gasteiger partial charge in [-0.1, -0.05) is 30.7 Å². The molecule has 148 valence electrons. The second kappa shape index (κ2) is 13.0. The molecule has 1 heterocycles. The van der Waals surface area contributed by atoms with E-state index in [1.807, 2.05) is 6.92 Å². The van der Waals surface area contributed by atoms with Crippen molar-refractivity contribution in [1.29, 1.82) is 0 Å². The van der Waals surface area contributed by atoms with E-state index in [4.69, 9.17) is 11.6 Å². The third-order valence-corrected chi connectivity index (χ3v) is 4.83. The van der Waals surface area contributed by atoms with Crippen LogP contribution in [0.15, 0.2) is 46.1 Å². The van der Waals surface area contributed by atoms with Crippen LogP contribution >= 0.6 is 46.9 Å². The first-order valence-corrected chi connectivity index (χ1v) is 10.0. The maximum atomic E-state index is 12.1. The van der Waals surface area contributed by atoms with Gasteiger partial charge in [0.2, 0.25) is 0 Å². The monoisotopic (exact) mass is 520 g/mol. The van der Waals surface area contributed by atoms with Gasteiger partial charge in [-0.2, -0.15) is 11.3 Å². The zero-order valence-electron chi connectivity index (χ0n) is 15.5. The molecule has 1 atom stereocenters. The summed E-state index contributed by atoms with van der Waals surface area (Å²) >= 11 is 7.73. The fourth-order valence-corrected chi connectivity index (χ4v) is 3.33. The molecule has 2 rings (SSSR count). The molecule has 27 heavy (non-hydrogen) atoms. The second-order valence-electron chi connectivity index (χ2n) is 5.84. The first-order valence-electron chi connectivity index (χ1n) is 8.68. The molecular weight excluding hydrogens is 495 g/mol. The summed E-state index contributed by atoms with van der Waals surface area (Å²) in [6, 6.07) is 9.15. The van der Waals surface area contributed by atoms with Gasteiger partial charge in [-0.15, -0.1) is 24.0 Å². The normalized spacial score (nSPS) is 12.0. The Hall–Kier alpha value is -1.32. The van der Waals surface area contributed by atoms with Crippen molar-refractivity contribution in [3.63, 3.8) is 0 Å². The number of hydrogen-bond donors (Lipinski definition) is 3. The molecule has 1 unspecified atom stereocenters. The van der Waals surface area contributed by atoms with Gasteiger partial charge in [0.25, 0.3) is 5.91 Å². The molecule has 1 aromatic carbocycles. The van der Waals surface area contributed by atoms with Crippen LogP contribution < -0.4 is 16.0 Å². The van der Waals surface area contributed by atoms with Crippen LogP contribution in [0.25, 0.3) is 0 Å². The van der Waals surface area contributed by atoms with Crippen molar-refractivity contribution in [1.82, 2.24) is 16.0 Å². The summed E-state index contributed by atoms with van der Waals surface area (Å²) in [4.78, 5) is 16.7. The van der Waals surface area contributed by atoms with E-state index < -0.39 is 0 Å².